The van der Waals surface area contributed by atoms with Crippen LogP contribution in [0.5, 0.6) is 0 Å². The Balaban J connectivity index is 1.76. The van der Waals surface area contributed by atoms with Gasteiger partial charge in [0.1, 0.15) is 0 Å². The topological polar surface area (TPSA) is 0 Å². The van der Waals surface area contributed by atoms with Gasteiger partial charge >= 0.3 is 0 Å². The van der Waals surface area contributed by atoms with E-state index in [0.29, 0.717) is 0 Å². The van der Waals surface area contributed by atoms with Gasteiger partial charge < -0.3 is 0 Å². The summed E-state index contributed by atoms with van der Waals surface area (Å²) in [4.78, 5) is 0. The average Bonchev–Trinajstić information content (AvgIpc) is 2.85. The molecule has 0 saturated carbocycles. The van der Waals surface area contributed by atoms with Crippen LogP contribution in [0.3, 0.4) is 0 Å². The molecule has 0 saturated heterocycles. The van der Waals surface area contributed by atoms with E-state index in [4.69, 9.17) is 0 Å². The van der Waals surface area contributed by atoms with Crippen molar-refractivity contribution >= 4 is 8.19 Å². The molecule has 0 aromatic carbocycles. The lowest BCUT2D eigenvalue weighted by atomic mass is 10.1. The molecule has 0 spiro atoms. The molecule has 0 aliphatic heterocycles. The zero-order valence-electron chi connectivity index (χ0n) is 11.5. The first kappa shape index (κ1) is 14.8. The minimum absolute atomic E-state index is 0.992. The Kier molecular flexibility index (Phi) is 9.52. The highest BCUT2D eigenvalue weighted by atomic mass is 31.0. The van der Waals surface area contributed by atoms with E-state index in [1.165, 1.54) is 70.6 Å². The Hall–Kier alpha value is -0.220. The molecular weight excluding hydrogens is 223 g/mol. The Morgan fingerprint density at radius 1 is 0.824 bits per heavy atom. The lowest BCUT2D eigenvalue weighted by molar-refractivity contribution is 0.557. The van der Waals surface area contributed by atoms with Crippen LogP contribution in [0.15, 0.2) is 17.9 Å². The van der Waals surface area contributed by atoms with Crippen molar-refractivity contribution in [3.05, 3.63) is 23.2 Å². The fourth-order valence-corrected chi connectivity index (χ4v) is 3.25. The number of unbranched alkanes of at least 4 members (excludes halogenated alkanes) is 9. The predicted molar refractivity (Wildman–Crippen MR) is 81.5 cm³/mol. The van der Waals surface area contributed by atoms with E-state index in [1.54, 1.807) is 5.30 Å². The molecule has 1 aromatic heterocycles. The molecule has 1 aromatic rings. The molecule has 0 N–H and O–H groups in total. The van der Waals surface area contributed by atoms with E-state index in [1.807, 2.05) is 0 Å². The molecule has 98 valence electrons. The summed E-state index contributed by atoms with van der Waals surface area (Å²) in [5, 5.41) is 1.67. The van der Waals surface area contributed by atoms with Crippen molar-refractivity contribution in [2.75, 3.05) is 0 Å². The largest absolute Gasteiger partial charge is 0.137 e. The van der Waals surface area contributed by atoms with Crippen LogP contribution in [0, 0.1) is 0 Å². The summed E-state index contributed by atoms with van der Waals surface area (Å²) in [6.45, 7) is 2.29. The van der Waals surface area contributed by atoms with Crippen LogP contribution < -0.4 is 0 Å². The lowest BCUT2D eigenvalue weighted by Gasteiger charge is -2.02. The second-order valence-electron chi connectivity index (χ2n) is 5.13. The maximum absolute atomic E-state index is 2.31. The van der Waals surface area contributed by atoms with Crippen LogP contribution in [-0.4, -0.2) is 0 Å². The fraction of sp³-hybridized carbons (Fsp3) is 0.750. The molecule has 1 unspecified atom stereocenters. The third-order valence-electron chi connectivity index (χ3n) is 3.46. The second kappa shape index (κ2) is 10.9. The quantitative estimate of drug-likeness (QED) is 0.412. The zero-order valence-corrected chi connectivity index (χ0v) is 12.5. The van der Waals surface area contributed by atoms with E-state index < -0.39 is 0 Å². The first-order valence-corrected chi connectivity index (χ1v) is 8.63. The number of rotatable bonds is 11. The van der Waals surface area contributed by atoms with Gasteiger partial charge in [-0.05, 0) is 23.9 Å². The summed E-state index contributed by atoms with van der Waals surface area (Å²) >= 11 is 0. The molecule has 1 rings (SSSR count). The fourth-order valence-electron chi connectivity index (χ4n) is 2.33. The van der Waals surface area contributed by atoms with Crippen LogP contribution in [0.4, 0.5) is 0 Å². The van der Waals surface area contributed by atoms with Crippen molar-refractivity contribution in [2.45, 2.75) is 77.6 Å². The first-order valence-electron chi connectivity index (χ1n) is 7.55. The summed E-state index contributed by atoms with van der Waals surface area (Å²) in [6, 6.07) is 4.52. The van der Waals surface area contributed by atoms with Gasteiger partial charge in [-0.1, -0.05) is 76.8 Å². The Morgan fingerprint density at radius 2 is 1.41 bits per heavy atom. The average molecular weight is 252 g/mol. The van der Waals surface area contributed by atoms with Gasteiger partial charge in [0, 0.05) is 0 Å². The second-order valence-corrected chi connectivity index (χ2v) is 6.39. The molecule has 1 heterocycles. The Morgan fingerprint density at radius 3 is 1.94 bits per heavy atom. The molecule has 0 amide bonds. The predicted octanol–water partition coefficient (Wildman–Crippen LogP) is 6.18. The van der Waals surface area contributed by atoms with Crippen LogP contribution in [-0.2, 0) is 6.42 Å². The van der Waals surface area contributed by atoms with Gasteiger partial charge in [-0.15, -0.1) is 8.19 Å². The highest BCUT2D eigenvalue weighted by Gasteiger charge is 1.94. The summed E-state index contributed by atoms with van der Waals surface area (Å²) in [7, 11) is 0.992. The SMILES string of the molecule is CCCCCCCCCCCCc1ccc[pH]1. The van der Waals surface area contributed by atoms with Gasteiger partial charge in [0.15, 0.2) is 0 Å². The maximum Gasteiger partial charge on any atom is -0.0244 e. The lowest BCUT2D eigenvalue weighted by Crippen LogP contribution is -1.83. The van der Waals surface area contributed by atoms with E-state index in [0.717, 1.165) is 8.19 Å². The molecule has 17 heavy (non-hydrogen) atoms. The van der Waals surface area contributed by atoms with Crippen LogP contribution in [0.25, 0.3) is 0 Å². The van der Waals surface area contributed by atoms with E-state index in [-0.39, 0.29) is 0 Å². The van der Waals surface area contributed by atoms with Crippen molar-refractivity contribution in [1.82, 2.24) is 0 Å². The highest BCUT2D eigenvalue weighted by Crippen LogP contribution is 2.18. The normalized spacial score (nSPS) is 11.4. The Bertz CT molecular complexity index is 238. The summed E-state index contributed by atoms with van der Waals surface area (Å²) in [6.07, 6.45) is 15.8. The van der Waals surface area contributed by atoms with E-state index in [2.05, 4.69) is 24.9 Å². The molecule has 0 bridgehead atoms. The molecule has 0 aliphatic rings. The molecule has 0 nitrogen and oxygen atoms in total. The summed E-state index contributed by atoms with van der Waals surface area (Å²) in [5.74, 6) is 2.30. The summed E-state index contributed by atoms with van der Waals surface area (Å²) < 4.78 is 0. The molecular formula is C16H29P. The van der Waals surface area contributed by atoms with Crippen LogP contribution >= 0.6 is 8.19 Å². The van der Waals surface area contributed by atoms with E-state index in [9.17, 15) is 0 Å². The van der Waals surface area contributed by atoms with Gasteiger partial charge in [-0.2, -0.15) is 0 Å². The minimum atomic E-state index is 0.992. The highest BCUT2D eigenvalue weighted by molar-refractivity contribution is 7.30. The van der Waals surface area contributed by atoms with Crippen molar-refractivity contribution in [3.8, 4) is 0 Å². The monoisotopic (exact) mass is 252 g/mol. The van der Waals surface area contributed by atoms with Gasteiger partial charge in [-0.3, -0.25) is 0 Å². The van der Waals surface area contributed by atoms with Gasteiger partial charge in [0.2, 0.25) is 0 Å². The Labute approximate surface area is 109 Å². The van der Waals surface area contributed by atoms with Crippen LogP contribution in [0.2, 0.25) is 0 Å². The molecule has 1 atom stereocenters. The third-order valence-corrected chi connectivity index (χ3v) is 4.61. The minimum Gasteiger partial charge on any atom is -0.137 e. The van der Waals surface area contributed by atoms with Crippen molar-refractivity contribution < 1.29 is 0 Å². The van der Waals surface area contributed by atoms with Crippen molar-refractivity contribution in [3.63, 3.8) is 0 Å². The summed E-state index contributed by atoms with van der Waals surface area (Å²) in [5.41, 5.74) is 0. The third kappa shape index (κ3) is 8.50. The van der Waals surface area contributed by atoms with Crippen molar-refractivity contribution in [1.29, 1.82) is 0 Å². The van der Waals surface area contributed by atoms with Crippen LogP contribution in [0.1, 0.15) is 76.4 Å². The van der Waals surface area contributed by atoms with Gasteiger partial charge in [-0.25, -0.2) is 0 Å². The maximum atomic E-state index is 2.31. The molecule has 0 aliphatic carbocycles. The number of hydrogen-bond acceptors (Lipinski definition) is 0. The van der Waals surface area contributed by atoms with Crippen molar-refractivity contribution in [2.24, 2.45) is 0 Å². The molecule has 0 radical (unpaired) electrons. The molecule has 0 fully saturated rings. The van der Waals surface area contributed by atoms with E-state index >= 15 is 0 Å². The number of hydrogen-bond donors (Lipinski definition) is 0. The smallest absolute Gasteiger partial charge is 0.0244 e. The molecule has 1 heteroatoms. The number of aryl methyl sites for hydroxylation is 1. The first-order chi connectivity index (χ1) is 8.43. The zero-order chi connectivity index (χ0) is 12.2. The van der Waals surface area contributed by atoms with Gasteiger partial charge in [0.25, 0.3) is 0 Å². The standard InChI is InChI=1S/C16H29P/c1-2-3-4-5-6-7-8-9-10-11-13-16-14-12-15-17-16/h12,14-15,17H,2-11,13H2,1H3. The van der Waals surface area contributed by atoms with Gasteiger partial charge in [0.05, 0.1) is 0 Å².